The third-order valence-corrected chi connectivity index (χ3v) is 5.28. The lowest BCUT2D eigenvalue weighted by atomic mass is 9.67. The predicted octanol–water partition coefficient (Wildman–Crippen LogP) is 3.95. The number of aliphatic carboxylic acids is 2. The van der Waals surface area contributed by atoms with E-state index in [-0.39, 0.29) is 18.3 Å². The van der Waals surface area contributed by atoms with Crippen LogP contribution in [0, 0.1) is 11.8 Å². The molecule has 0 aromatic heterocycles. The van der Waals surface area contributed by atoms with Gasteiger partial charge in [0.1, 0.15) is 0 Å². The van der Waals surface area contributed by atoms with Gasteiger partial charge in [-0.3, -0.25) is 9.59 Å². The largest absolute Gasteiger partial charge is 0.481 e. The third kappa shape index (κ3) is 3.43. The van der Waals surface area contributed by atoms with Crippen molar-refractivity contribution in [2.75, 3.05) is 0 Å². The van der Waals surface area contributed by atoms with E-state index in [9.17, 15) is 14.7 Å². The lowest BCUT2D eigenvalue weighted by molar-refractivity contribution is -0.139. The fourth-order valence-electron chi connectivity index (χ4n) is 4.07. The van der Waals surface area contributed by atoms with Crippen LogP contribution in [0.15, 0.2) is 60.7 Å². The van der Waals surface area contributed by atoms with Crippen molar-refractivity contribution in [3.63, 3.8) is 0 Å². The summed E-state index contributed by atoms with van der Waals surface area (Å²) >= 11 is 0. The van der Waals surface area contributed by atoms with Gasteiger partial charge in [0.05, 0.1) is 5.92 Å². The second-order valence-corrected chi connectivity index (χ2v) is 6.74. The summed E-state index contributed by atoms with van der Waals surface area (Å²) in [5.41, 5.74) is 1.68. The molecule has 1 fully saturated rings. The maximum absolute atomic E-state index is 11.6. The number of carboxylic acid groups (broad SMARTS) is 2. The highest BCUT2D eigenvalue weighted by atomic mass is 16.4. The van der Waals surface area contributed by atoms with E-state index in [2.05, 4.69) is 0 Å². The van der Waals surface area contributed by atoms with Crippen LogP contribution in [-0.4, -0.2) is 22.2 Å². The molecule has 2 atom stereocenters. The van der Waals surface area contributed by atoms with Crippen molar-refractivity contribution in [2.45, 2.75) is 31.1 Å². The van der Waals surface area contributed by atoms with Gasteiger partial charge in [0, 0.05) is 11.8 Å². The van der Waals surface area contributed by atoms with Gasteiger partial charge in [-0.15, -0.1) is 0 Å². The minimum absolute atomic E-state index is 0.0106. The maximum Gasteiger partial charge on any atom is 0.306 e. The Balaban J connectivity index is 2.07. The summed E-state index contributed by atoms with van der Waals surface area (Å²) in [6, 6.07) is 19.9. The topological polar surface area (TPSA) is 74.6 Å². The molecule has 2 unspecified atom stereocenters. The van der Waals surface area contributed by atoms with Gasteiger partial charge in [0.15, 0.2) is 0 Å². The Morgan fingerprint density at radius 2 is 1.44 bits per heavy atom. The fourth-order valence-corrected chi connectivity index (χ4v) is 4.07. The highest BCUT2D eigenvalue weighted by Crippen LogP contribution is 2.57. The fraction of sp³-hybridized carbons (Fsp3) is 0.333. The Hall–Kier alpha value is -2.62. The minimum atomic E-state index is -0.819. The molecule has 3 rings (SSSR count). The molecule has 1 aliphatic rings. The number of hydrogen-bond donors (Lipinski definition) is 2. The number of carbonyl (C=O) groups is 2. The first kappa shape index (κ1) is 17.2. The van der Waals surface area contributed by atoms with Gasteiger partial charge in [-0.2, -0.15) is 0 Å². The van der Waals surface area contributed by atoms with Crippen molar-refractivity contribution in [1.82, 2.24) is 0 Å². The Kier molecular flexibility index (Phi) is 4.88. The van der Waals surface area contributed by atoms with Gasteiger partial charge in [-0.05, 0) is 36.3 Å². The van der Waals surface area contributed by atoms with Gasteiger partial charge in [0.25, 0.3) is 0 Å². The zero-order chi connectivity index (χ0) is 17.9. The minimum Gasteiger partial charge on any atom is -0.481 e. The second-order valence-electron chi connectivity index (χ2n) is 6.74. The molecule has 2 aromatic carbocycles. The Labute approximate surface area is 147 Å². The summed E-state index contributed by atoms with van der Waals surface area (Å²) in [6.07, 6.45) is 1.86. The van der Waals surface area contributed by atoms with Gasteiger partial charge in [0.2, 0.25) is 0 Å². The molecule has 1 aliphatic carbocycles. The van der Waals surface area contributed by atoms with Crippen molar-refractivity contribution < 1.29 is 19.8 Å². The van der Waals surface area contributed by atoms with E-state index >= 15 is 0 Å². The lowest BCUT2D eigenvalue weighted by Crippen LogP contribution is -2.32. The molecule has 0 heterocycles. The van der Waals surface area contributed by atoms with Crippen molar-refractivity contribution in [2.24, 2.45) is 11.8 Å². The van der Waals surface area contributed by atoms with Crippen molar-refractivity contribution in [3.8, 4) is 0 Å². The number of benzene rings is 2. The predicted molar refractivity (Wildman–Crippen MR) is 94.4 cm³/mol. The highest BCUT2D eigenvalue weighted by molar-refractivity contribution is 5.74. The summed E-state index contributed by atoms with van der Waals surface area (Å²) in [7, 11) is 0. The zero-order valence-corrected chi connectivity index (χ0v) is 14.0. The summed E-state index contributed by atoms with van der Waals surface area (Å²) in [5, 5.41) is 18.6. The number of hydrogen-bond acceptors (Lipinski definition) is 2. The van der Waals surface area contributed by atoms with Crippen molar-refractivity contribution in [1.29, 1.82) is 0 Å². The Morgan fingerprint density at radius 1 is 0.920 bits per heavy atom. The smallest absolute Gasteiger partial charge is 0.306 e. The molecule has 130 valence electrons. The van der Waals surface area contributed by atoms with Crippen LogP contribution in [0.1, 0.15) is 36.8 Å². The molecule has 4 nitrogen and oxygen atoms in total. The standard InChI is InChI=1S/C21H22O4/c22-19(23)12-7-13-21(15-8-3-1-4-9-15,16-10-5-2-6-11-16)18-14-17(18)20(24)25/h1-6,8-11,17-18H,7,12-14H2,(H,22,23)(H,24,25). The zero-order valence-electron chi connectivity index (χ0n) is 14.0. The first-order valence-corrected chi connectivity index (χ1v) is 8.61. The van der Waals surface area contributed by atoms with Crippen LogP contribution in [-0.2, 0) is 15.0 Å². The molecule has 0 saturated heterocycles. The molecule has 0 bridgehead atoms. The van der Waals surface area contributed by atoms with Gasteiger partial charge in [-0.25, -0.2) is 0 Å². The van der Waals surface area contributed by atoms with E-state index in [1.165, 1.54) is 0 Å². The molecular weight excluding hydrogens is 316 g/mol. The van der Waals surface area contributed by atoms with E-state index < -0.39 is 17.4 Å². The first-order chi connectivity index (χ1) is 12.1. The Morgan fingerprint density at radius 3 is 1.84 bits per heavy atom. The van der Waals surface area contributed by atoms with Crippen molar-refractivity contribution in [3.05, 3.63) is 71.8 Å². The first-order valence-electron chi connectivity index (χ1n) is 8.61. The highest BCUT2D eigenvalue weighted by Gasteiger charge is 2.57. The van der Waals surface area contributed by atoms with E-state index in [4.69, 9.17) is 5.11 Å². The number of carboxylic acids is 2. The van der Waals surface area contributed by atoms with Crippen LogP contribution in [0.5, 0.6) is 0 Å². The molecule has 1 saturated carbocycles. The molecule has 0 radical (unpaired) electrons. The maximum atomic E-state index is 11.6. The van der Waals surface area contributed by atoms with E-state index in [0.29, 0.717) is 19.3 Å². The molecule has 0 spiro atoms. The summed E-state index contributed by atoms with van der Waals surface area (Å²) in [5.74, 6) is -1.96. The third-order valence-electron chi connectivity index (χ3n) is 5.28. The van der Waals surface area contributed by atoms with E-state index in [1.807, 2.05) is 60.7 Å². The summed E-state index contributed by atoms with van der Waals surface area (Å²) in [6.45, 7) is 0. The lowest BCUT2D eigenvalue weighted by Gasteiger charge is -2.36. The average molecular weight is 338 g/mol. The summed E-state index contributed by atoms with van der Waals surface area (Å²) < 4.78 is 0. The molecule has 4 heteroatoms. The second kappa shape index (κ2) is 7.09. The monoisotopic (exact) mass is 338 g/mol. The van der Waals surface area contributed by atoms with E-state index in [0.717, 1.165) is 11.1 Å². The van der Waals surface area contributed by atoms with Crippen LogP contribution in [0.2, 0.25) is 0 Å². The molecule has 25 heavy (non-hydrogen) atoms. The SMILES string of the molecule is O=C(O)CCCC(c1ccccc1)(c1ccccc1)C1CC1C(=O)O. The van der Waals surface area contributed by atoms with Crippen LogP contribution in [0.25, 0.3) is 0 Å². The molecule has 0 amide bonds. The average Bonchev–Trinajstić information content (AvgIpc) is 3.41. The summed E-state index contributed by atoms with van der Waals surface area (Å²) in [4.78, 5) is 22.6. The molecule has 2 aromatic rings. The number of rotatable bonds is 8. The van der Waals surface area contributed by atoms with Crippen LogP contribution >= 0.6 is 0 Å². The molecule has 0 aliphatic heterocycles. The quantitative estimate of drug-likeness (QED) is 0.764. The van der Waals surface area contributed by atoms with Gasteiger partial charge >= 0.3 is 11.9 Å². The van der Waals surface area contributed by atoms with Gasteiger partial charge in [-0.1, -0.05) is 60.7 Å². The normalized spacial score (nSPS) is 19.4. The van der Waals surface area contributed by atoms with Crippen molar-refractivity contribution >= 4 is 11.9 Å². The molecular formula is C21H22O4. The Bertz CT molecular complexity index is 700. The van der Waals surface area contributed by atoms with Crippen LogP contribution in [0.4, 0.5) is 0 Å². The van der Waals surface area contributed by atoms with Crippen LogP contribution < -0.4 is 0 Å². The van der Waals surface area contributed by atoms with E-state index in [1.54, 1.807) is 0 Å². The van der Waals surface area contributed by atoms with Crippen LogP contribution in [0.3, 0.4) is 0 Å². The van der Waals surface area contributed by atoms with Gasteiger partial charge < -0.3 is 10.2 Å². The molecule has 2 N–H and O–H groups in total.